The van der Waals surface area contributed by atoms with Gasteiger partial charge in [-0.25, -0.2) is 4.79 Å². The van der Waals surface area contributed by atoms with E-state index in [0.717, 1.165) is 19.4 Å². The molecule has 0 aromatic carbocycles. The summed E-state index contributed by atoms with van der Waals surface area (Å²) in [4.78, 5) is 27.5. The lowest BCUT2D eigenvalue weighted by Crippen LogP contribution is -2.46. The van der Waals surface area contributed by atoms with Gasteiger partial charge in [-0.2, -0.15) is 0 Å². The van der Waals surface area contributed by atoms with Crippen molar-refractivity contribution < 1.29 is 14.3 Å². The number of hydrogen-bond donors (Lipinski definition) is 1. The van der Waals surface area contributed by atoms with Crippen molar-refractivity contribution in [3.05, 3.63) is 0 Å². The highest BCUT2D eigenvalue weighted by Gasteiger charge is 2.32. The van der Waals surface area contributed by atoms with Gasteiger partial charge in [-0.15, -0.1) is 0 Å². The molecule has 2 fully saturated rings. The number of carbonyl (C=O) groups excluding carboxylic acids is 2. The van der Waals surface area contributed by atoms with Crippen molar-refractivity contribution in [2.24, 2.45) is 11.7 Å². The van der Waals surface area contributed by atoms with Crippen LogP contribution in [0.2, 0.25) is 0 Å². The van der Waals surface area contributed by atoms with E-state index in [4.69, 9.17) is 10.5 Å². The van der Waals surface area contributed by atoms with E-state index in [9.17, 15) is 9.59 Å². The predicted molar refractivity (Wildman–Crippen MR) is 79.7 cm³/mol. The number of hydrogen-bond acceptors (Lipinski definition) is 4. The molecule has 21 heavy (non-hydrogen) atoms. The molecule has 2 aliphatic rings. The van der Waals surface area contributed by atoms with Crippen LogP contribution in [0.15, 0.2) is 0 Å². The average Bonchev–Trinajstić information content (AvgIpc) is 2.66. The van der Waals surface area contributed by atoms with Crippen LogP contribution in [0.1, 0.15) is 40.0 Å². The molecule has 2 rings (SSSR count). The highest BCUT2D eigenvalue weighted by Crippen LogP contribution is 2.22. The molecule has 2 amide bonds. The van der Waals surface area contributed by atoms with E-state index in [1.807, 2.05) is 25.7 Å². The summed E-state index contributed by atoms with van der Waals surface area (Å²) < 4.78 is 5.42. The molecule has 2 aliphatic heterocycles. The molecule has 0 saturated carbocycles. The minimum Gasteiger partial charge on any atom is -0.444 e. The van der Waals surface area contributed by atoms with Crippen molar-refractivity contribution in [3.8, 4) is 0 Å². The smallest absolute Gasteiger partial charge is 0.410 e. The van der Waals surface area contributed by atoms with Gasteiger partial charge in [0.2, 0.25) is 5.91 Å². The first-order chi connectivity index (χ1) is 9.74. The number of likely N-dealkylation sites (tertiary alicyclic amines) is 2. The zero-order chi connectivity index (χ0) is 15.6. The Morgan fingerprint density at radius 3 is 2.67 bits per heavy atom. The molecule has 2 atom stereocenters. The largest absolute Gasteiger partial charge is 0.444 e. The number of nitrogens with zero attached hydrogens (tertiary/aromatic N) is 2. The van der Waals surface area contributed by atoms with E-state index in [2.05, 4.69) is 0 Å². The molecule has 6 nitrogen and oxygen atoms in total. The van der Waals surface area contributed by atoms with Crippen LogP contribution in [0.4, 0.5) is 4.79 Å². The molecule has 0 aromatic rings. The first-order valence-corrected chi connectivity index (χ1v) is 7.76. The first-order valence-electron chi connectivity index (χ1n) is 7.76. The maximum Gasteiger partial charge on any atom is 0.410 e. The first kappa shape index (κ1) is 16.1. The Bertz CT molecular complexity index is 405. The summed E-state index contributed by atoms with van der Waals surface area (Å²) in [6.45, 7) is 8.35. The maximum absolute atomic E-state index is 12.1. The molecule has 2 unspecified atom stereocenters. The second kappa shape index (κ2) is 6.22. The summed E-state index contributed by atoms with van der Waals surface area (Å²) in [5.41, 5.74) is 5.35. The van der Waals surface area contributed by atoms with Gasteiger partial charge in [-0.1, -0.05) is 0 Å². The Hall–Kier alpha value is -1.30. The topological polar surface area (TPSA) is 75.9 Å². The quantitative estimate of drug-likeness (QED) is 0.831. The molecule has 2 heterocycles. The third-order valence-electron chi connectivity index (χ3n) is 3.89. The molecule has 0 bridgehead atoms. The fourth-order valence-electron chi connectivity index (χ4n) is 3.00. The number of piperidine rings is 1. The monoisotopic (exact) mass is 297 g/mol. The number of rotatable bonds is 2. The second-order valence-corrected chi connectivity index (χ2v) is 7.20. The van der Waals surface area contributed by atoms with Crippen molar-refractivity contribution in [2.75, 3.05) is 26.2 Å². The molecule has 120 valence electrons. The Balaban J connectivity index is 1.86. The Morgan fingerprint density at radius 1 is 1.38 bits per heavy atom. The standard InChI is InChI=1S/C15H27N3O3/c1-15(2,3)21-14(20)17-6-4-5-11(8-17)9-18-10-12(16)7-13(18)19/h11-12H,4-10,16H2,1-3H3. The van der Waals surface area contributed by atoms with Crippen LogP contribution >= 0.6 is 0 Å². The molecular weight excluding hydrogens is 270 g/mol. The lowest BCUT2D eigenvalue weighted by molar-refractivity contribution is -0.128. The SMILES string of the molecule is CC(C)(C)OC(=O)N1CCCC(CN2CC(N)CC2=O)C1. The summed E-state index contributed by atoms with van der Waals surface area (Å²) in [6.07, 6.45) is 2.19. The molecule has 0 aromatic heterocycles. The van der Waals surface area contributed by atoms with Crippen molar-refractivity contribution in [2.45, 2.75) is 51.7 Å². The summed E-state index contributed by atoms with van der Waals surface area (Å²) in [7, 11) is 0. The van der Waals surface area contributed by atoms with E-state index in [1.165, 1.54) is 0 Å². The third kappa shape index (κ3) is 4.59. The molecule has 0 spiro atoms. The van der Waals surface area contributed by atoms with Gasteiger partial charge in [0.25, 0.3) is 0 Å². The number of ether oxygens (including phenoxy) is 1. The van der Waals surface area contributed by atoms with Crippen LogP contribution < -0.4 is 5.73 Å². The molecule has 2 N–H and O–H groups in total. The van der Waals surface area contributed by atoms with Gasteiger partial charge in [-0.05, 0) is 39.5 Å². The molecule has 6 heteroatoms. The number of carbonyl (C=O) groups is 2. The van der Waals surface area contributed by atoms with Crippen molar-refractivity contribution in [3.63, 3.8) is 0 Å². The van der Waals surface area contributed by atoms with Gasteiger partial charge < -0.3 is 20.3 Å². The molecule has 0 radical (unpaired) electrons. The average molecular weight is 297 g/mol. The van der Waals surface area contributed by atoms with Gasteiger partial charge in [0, 0.05) is 38.6 Å². The highest BCUT2D eigenvalue weighted by atomic mass is 16.6. The molecule has 0 aliphatic carbocycles. The van der Waals surface area contributed by atoms with Crippen molar-refractivity contribution in [1.82, 2.24) is 9.80 Å². The van der Waals surface area contributed by atoms with E-state index in [0.29, 0.717) is 32.0 Å². The van der Waals surface area contributed by atoms with Gasteiger partial charge in [-0.3, -0.25) is 4.79 Å². The Morgan fingerprint density at radius 2 is 2.10 bits per heavy atom. The van der Waals surface area contributed by atoms with E-state index >= 15 is 0 Å². The van der Waals surface area contributed by atoms with Crippen LogP contribution in [-0.4, -0.2) is 59.6 Å². The van der Waals surface area contributed by atoms with Gasteiger partial charge in [0.05, 0.1) is 0 Å². The highest BCUT2D eigenvalue weighted by molar-refractivity contribution is 5.79. The predicted octanol–water partition coefficient (Wildman–Crippen LogP) is 1.19. The lowest BCUT2D eigenvalue weighted by atomic mass is 9.98. The molecular formula is C15H27N3O3. The van der Waals surface area contributed by atoms with Gasteiger partial charge in [0.1, 0.15) is 5.60 Å². The Kier molecular flexibility index (Phi) is 4.76. The summed E-state index contributed by atoms with van der Waals surface area (Å²) in [5.74, 6) is 0.456. The third-order valence-corrected chi connectivity index (χ3v) is 3.89. The van der Waals surface area contributed by atoms with Crippen LogP contribution in [0.3, 0.4) is 0 Å². The Labute approximate surface area is 126 Å². The lowest BCUT2D eigenvalue weighted by Gasteiger charge is -2.35. The number of amides is 2. The van der Waals surface area contributed by atoms with Crippen LogP contribution in [0.5, 0.6) is 0 Å². The van der Waals surface area contributed by atoms with E-state index in [1.54, 1.807) is 4.90 Å². The van der Waals surface area contributed by atoms with Crippen LogP contribution in [0, 0.1) is 5.92 Å². The van der Waals surface area contributed by atoms with Crippen LogP contribution in [-0.2, 0) is 9.53 Å². The fraction of sp³-hybridized carbons (Fsp3) is 0.867. The number of nitrogens with two attached hydrogens (primary N) is 1. The summed E-state index contributed by atoms with van der Waals surface area (Å²) in [6, 6.07) is -0.0388. The van der Waals surface area contributed by atoms with Gasteiger partial charge >= 0.3 is 6.09 Å². The minimum absolute atomic E-state index is 0.0388. The summed E-state index contributed by atoms with van der Waals surface area (Å²) in [5, 5.41) is 0. The van der Waals surface area contributed by atoms with E-state index in [-0.39, 0.29) is 18.0 Å². The second-order valence-electron chi connectivity index (χ2n) is 7.20. The van der Waals surface area contributed by atoms with Gasteiger partial charge in [0.15, 0.2) is 0 Å². The van der Waals surface area contributed by atoms with Crippen LogP contribution in [0.25, 0.3) is 0 Å². The maximum atomic E-state index is 12.1. The molecule has 2 saturated heterocycles. The van der Waals surface area contributed by atoms with E-state index < -0.39 is 5.60 Å². The fourth-order valence-corrected chi connectivity index (χ4v) is 3.00. The zero-order valence-corrected chi connectivity index (χ0v) is 13.3. The zero-order valence-electron chi connectivity index (χ0n) is 13.3. The van der Waals surface area contributed by atoms with Crippen molar-refractivity contribution in [1.29, 1.82) is 0 Å². The normalized spacial score (nSPS) is 27.1. The van der Waals surface area contributed by atoms with Crippen molar-refractivity contribution >= 4 is 12.0 Å². The summed E-state index contributed by atoms with van der Waals surface area (Å²) >= 11 is 0. The minimum atomic E-state index is -0.471.